The normalized spacial score (nSPS) is 17.5. The van der Waals surface area contributed by atoms with Crippen molar-refractivity contribution in [3.8, 4) is 0 Å². The molecule has 1 aliphatic heterocycles. The number of aromatic nitrogens is 3. The first-order valence-corrected chi connectivity index (χ1v) is 9.37. The van der Waals surface area contributed by atoms with Gasteiger partial charge in [0.05, 0.1) is 11.0 Å². The third kappa shape index (κ3) is 2.85. The molecule has 0 radical (unpaired) electrons. The van der Waals surface area contributed by atoms with Gasteiger partial charge < -0.3 is 9.88 Å². The molecule has 5 nitrogen and oxygen atoms in total. The Hall–Kier alpha value is -3.21. The minimum absolute atomic E-state index is 0.00705. The number of aromatic amines is 1. The number of piperidine rings is 1. The minimum Gasteiger partial charge on any atom is -0.342 e. The molecule has 1 N–H and O–H groups in total. The SMILES string of the molecule is O=C(c1nccc2ccccc12)N1CCC[C@H](c2nc3ccccc3[nH]2)C1. The van der Waals surface area contributed by atoms with Gasteiger partial charge in [0, 0.05) is 30.6 Å². The largest absolute Gasteiger partial charge is 0.342 e. The number of nitrogens with one attached hydrogen (secondary N) is 1. The van der Waals surface area contributed by atoms with Crippen molar-refractivity contribution in [1.82, 2.24) is 19.9 Å². The number of H-pyrrole nitrogens is 1. The van der Waals surface area contributed by atoms with Crippen LogP contribution >= 0.6 is 0 Å². The van der Waals surface area contributed by atoms with Crippen LogP contribution in [0.3, 0.4) is 0 Å². The van der Waals surface area contributed by atoms with Crippen LogP contribution in [0.5, 0.6) is 0 Å². The summed E-state index contributed by atoms with van der Waals surface area (Å²) >= 11 is 0. The van der Waals surface area contributed by atoms with Gasteiger partial charge in [-0.2, -0.15) is 0 Å². The summed E-state index contributed by atoms with van der Waals surface area (Å²) in [4.78, 5) is 27.7. The number of likely N-dealkylation sites (tertiary alicyclic amines) is 1. The molecule has 2 aromatic heterocycles. The lowest BCUT2D eigenvalue weighted by Crippen LogP contribution is -2.39. The molecule has 0 saturated carbocycles. The monoisotopic (exact) mass is 356 g/mol. The highest BCUT2D eigenvalue weighted by atomic mass is 16.2. The Morgan fingerprint density at radius 2 is 1.93 bits per heavy atom. The minimum atomic E-state index is 0.00705. The number of imidazole rings is 1. The van der Waals surface area contributed by atoms with E-state index in [0.717, 1.165) is 47.0 Å². The van der Waals surface area contributed by atoms with E-state index in [4.69, 9.17) is 4.98 Å². The van der Waals surface area contributed by atoms with Crippen LogP contribution in [0.2, 0.25) is 0 Å². The summed E-state index contributed by atoms with van der Waals surface area (Å²) in [5, 5.41) is 1.96. The van der Waals surface area contributed by atoms with E-state index >= 15 is 0 Å². The van der Waals surface area contributed by atoms with E-state index in [1.165, 1.54) is 0 Å². The summed E-state index contributed by atoms with van der Waals surface area (Å²) in [6.07, 6.45) is 3.72. The second-order valence-corrected chi connectivity index (χ2v) is 7.11. The quantitative estimate of drug-likeness (QED) is 0.587. The summed E-state index contributed by atoms with van der Waals surface area (Å²) in [6.45, 7) is 1.43. The molecule has 0 bridgehead atoms. The number of carbonyl (C=O) groups excluding carboxylic acids is 1. The van der Waals surface area contributed by atoms with Gasteiger partial charge in [-0.1, -0.05) is 36.4 Å². The molecule has 27 heavy (non-hydrogen) atoms. The van der Waals surface area contributed by atoms with Gasteiger partial charge in [0.2, 0.25) is 0 Å². The fourth-order valence-corrected chi connectivity index (χ4v) is 3.99. The second-order valence-electron chi connectivity index (χ2n) is 7.11. The molecule has 5 heteroatoms. The van der Waals surface area contributed by atoms with Crippen LogP contribution in [0.1, 0.15) is 35.1 Å². The maximum atomic E-state index is 13.2. The first-order valence-electron chi connectivity index (χ1n) is 9.37. The van der Waals surface area contributed by atoms with Crippen molar-refractivity contribution in [3.63, 3.8) is 0 Å². The predicted octanol–water partition coefficient (Wildman–Crippen LogP) is 4.13. The summed E-state index contributed by atoms with van der Waals surface area (Å²) in [5.74, 6) is 1.21. The maximum Gasteiger partial charge on any atom is 0.273 e. The Bertz CT molecular complexity index is 1100. The van der Waals surface area contributed by atoms with Gasteiger partial charge in [-0.3, -0.25) is 9.78 Å². The number of carbonyl (C=O) groups is 1. The van der Waals surface area contributed by atoms with Crippen molar-refractivity contribution >= 4 is 27.7 Å². The van der Waals surface area contributed by atoms with Crippen molar-refractivity contribution in [2.24, 2.45) is 0 Å². The molecule has 2 aromatic carbocycles. The molecule has 1 aliphatic rings. The number of rotatable bonds is 2. The molecule has 0 unspecified atom stereocenters. The highest BCUT2D eigenvalue weighted by molar-refractivity contribution is 6.05. The topological polar surface area (TPSA) is 61.9 Å². The van der Waals surface area contributed by atoms with Gasteiger partial charge >= 0.3 is 0 Å². The van der Waals surface area contributed by atoms with Crippen LogP contribution in [-0.2, 0) is 0 Å². The number of para-hydroxylation sites is 2. The van der Waals surface area contributed by atoms with E-state index < -0.39 is 0 Å². The van der Waals surface area contributed by atoms with Crippen molar-refractivity contribution in [3.05, 3.63) is 72.3 Å². The fourth-order valence-electron chi connectivity index (χ4n) is 3.99. The molecule has 1 fully saturated rings. The third-order valence-electron chi connectivity index (χ3n) is 5.38. The predicted molar refractivity (Wildman–Crippen MR) is 106 cm³/mol. The molecule has 4 aromatic rings. The molecule has 0 spiro atoms. The zero-order valence-corrected chi connectivity index (χ0v) is 14.9. The van der Waals surface area contributed by atoms with Crippen molar-refractivity contribution in [2.45, 2.75) is 18.8 Å². The summed E-state index contributed by atoms with van der Waals surface area (Å²) < 4.78 is 0. The Morgan fingerprint density at radius 1 is 1.07 bits per heavy atom. The number of nitrogens with zero attached hydrogens (tertiary/aromatic N) is 3. The van der Waals surface area contributed by atoms with Gasteiger partial charge in [0.15, 0.2) is 0 Å². The van der Waals surface area contributed by atoms with Crippen LogP contribution in [0.4, 0.5) is 0 Å². The van der Waals surface area contributed by atoms with Crippen molar-refractivity contribution < 1.29 is 4.79 Å². The number of pyridine rings is 1. The third-order valence-corrected chi connectivity index (χ3v) is 5.38. The Balaban J connectivity index is 1.44. The number of benzene rings is 2. The molecular formula is C22H20N4O. The van der Waals surface area contributed by atoms with Gasteiger partial charge in [-0.05, 0) is 36.4 Å². The van der Waals surface area contributed by atoms with E-state index in [2.05, 4.69) is 9.97 Å². The van der Waals surface area contributed by atoms with Crippen LogP contribution in [-0.4, -0.2) is 38.8 Å². The van der Waals surface area contributed by atoms with Crippen LogP contribution in [0.25, 0.3) is 21.8 Å². The first kappa shape index (κ1) is 16.0. The van der Waals surface area contributed by atoms with Crippen molar-refractivity contribution in [2.75, 3.05) is 13.1 Å². The van der Waals surface area contributed by atoms with Gasteiger partial charge in [-0.25, -0.2) is 4.98 Å². The van der Waals surface area contributed by atoms with E-state index in [1.807, 2.05) is 59.5 Å². The first-order chi connectivity index (χ1) is 13.3. The number of hydrogen-bond donors (Lipinski definition) is 1. The summed E-state index contributed by atoms with van der Waals surface area (Å²) in [5.41, 5.74) is 2.57. The van der Waals surface area contributed by atoms with Crippen LogP contribution < -0.4 is 0 Å². The van der Waals surface area contributed by atoms with Gasteiger partial charge in [0.25, 0.3) is 5.91 Å². The zero-order valence-electron chi connectivity index (χ0n) is 14.9. The molecule has 1 amide bonds. The van der Waals surface area contributed by atoms with E-state index in [-0.39, 0.29) is 11.8 Å². The van der Waals surface area contributed by atoms with Crippen LogP contribution in [0, 0.1) is 0 Å². The Labute approximate surface area is 157 Å². The van der Waals surface area contributed by atoms with Gasteiger partial charge in [0.1, 0.15) is 11.5 Å². The standard InChI is InChI=1S/C22H20N4O/c27-22(20-17-8-2-1-6-15(17)11-12-23-20)26-13-5-7-16(14-26)21-24-18-9-3-4-10-19(18)25-21/h1-4,6,8-12,16H,5,7,13-14H2,(H,24,25)/t16-/m0/s1. The highest BCUT2D eigenvalue weighted by Crippen LogP contribution is 2.28. The number of hydrogen-bond acceptors (Lipinski definition) is 3. The molecule has 5 rings (SSSR count). The lowest BCUT2D eigenvalue weighted by atomic mass is 9.96. The highest BCUT2D eigenvalue weighted by Gasteiger charge is 2.28. The molecule has 134 valence electrons. The Morgan fingerprint density at radius 3 is 2.85 bits per heavy atom. The summed E-state index contributed by atoms with van der Waals surface area (Å²) in [6, 6.07) is 17.9. The smallest absolute Gasteiger partial charge is 0.273 e. The van der Waals surface area contributed by atoms with E-state index in [1.54, 1.807) is 6.20 Å². The van der Waals surface area contributed by atoms with Crippen LogP contribution in [0.15, 0.2) is 60.8 Å². The maximum absolute atomic E-state index is 13.2. The van der Waals surface area contributed by atoms with Crippen molar-refractivity contribution in [1.29, 1.82) is 0 Å². The molecule has 0 aliphatic carbocycles. The molecule has 1 saturated heterocycles. The average Bonchev–Trinajstić information content (AvgIpc) is 3.17. The number of amides is 1. The van der Waals surface area contributed by atoms with E-state index in [0.29, 0.717) is 12.2 Å². The Kier molecular flexibility index (Phi) is 3.85. The van der Waals surface area contributed by atoms with E-state index in [9.17, 15) is 4.79 Å². The second kappa shape index (κ2) is 6.50. The lowest BCUT2D eigenvalue weighted by molar-refractivity contribution is 0.0701. The average molecular weight is 356 g/mol. The summed E-state index contributed by atoms with van der Waals surface area (Å²) in [7, 11) is 0. The molecule has 3 heterocycles. The number of fused-ring (bicyclic) bond motifs is 2. The molecular weight excluding hydrogens is 336 g/mol. The zero-order chi connectivity index (χ0) is 18.2. The van der Waals surface area contributed by atoms with Gasteiger partial charge in [-0.15, -0.1) is 0 Å². The lowest BCUT2D eigenvalue weighted by Gasteiger charge is -2.31. The fraction of sp³-hybridized carbons (Fsp3) is 0.227. The molecule has 1 atom stereocenters.